The summed E-state index contributed by atoms with van der Waals surface area (Å²) in [5, 5.41) is 2.87. The number of carbonyl (C=O) groups is 1. The second-order valence-electron chi connectivity index (χ2n) is 4.69. The summed E-state index contributed by atoms with van der Waals surface area (Å²) in [5.41, 5.74) is 6.27. The molecule has 0 aliphatic rings. The van der Waals surface area contributed by atoms with Gasteiger partial charge < -0.3 is 20.5 Å². The van der Waals surface area contributed by atoms with E-state index in [1.54, 1.807) is 14.2 Å². The number of amides is 1. The van der Waals surface area contributed by atoms with E-state index in [0.29, 0.717) is 26.2 Å². The van der Waals surface area contributed by atoms with Gasteiger partial charge in [-0.1, -0.05) is 0 Å². The summed E-state index contributed by atoms with van der Waals surface area (Å²) in [7, 11) is 3.26. The molecule has 0 saturated carbocycles. The fraction of sp³-hybridized carbons (Fsp3) is 0.533. The zero-order valence-electron chi connectivity index (χ0n) is 12.8. The molecule has 0 fully saturated rings. The predicted molar refractivity (Wildman–Crippen MR) is 83.6 cm³/mol. The van der Waals surface area contributed by atoms with Crippen molar-refractivity contribution < 1.29 is 14.3 Å². The minimum absolute atomic E-state index is 0.0479. The van der Waals surface area contributed by atoms with Gasteiger partial charge in [-0.05, 0) is 43.8 Å². The topological polar surface area (TPSA) is 76.8 Å². The third kappa shape index (κ3) is 7.08. The summed E-state index contributed by atoms with van der Waals surface area (Å²) in [6, 6.07) is 7.26. The number of benzene rings is 1. The molecule has 0 saturated heterocycles. The van der Waals surface area contributed by atoms with Crippen LogP contribution >= 0.6 is 0 Å². The zero-order valence-corrected chi connectivity index (χ0v) is 12.8. The number of nitrogens with one attached hydrogen (secondary N) is 1. The molecule has 0 spiro atoms. The van der Waals surface area contributed by atoms with Crippen LogP contribution < -0.4 is 15.8 Å². The lowest BCUT2D eigenvalue weighted by atomic mass is 10.3. The van der Waals surface area contributed by atoms with Gasteiger partial charge in [0.2, 0.25) is 5.91 Å². The molecule has 3 N–H and O–H groups in total. The number of carbonyl (C=O) groups excluding carboxylic acids is 1. The minimum atomic E-state index is -0.0479. The molecule has 0 aliphatic heterocycles. The van der Waals surface area contributed by atoms with Crippen molar-refractivity contribution in [2.24, 2.45) is 5.73 Å². The lowest BCUT2D eigenvalue weighted by Crippen LogP contribution is -2.36. The van der Waals surface area contributed by atoms with Crippen LogP contribution in [0.1, 0.15) is 6.42 Å². The van der Waals surface area contributed by atoms with Crippen LogP contribution in [0.25, 0.3) is 0 Å². The van der Waals surface area contributed by atoms with Gasteiger partial charge in [-0.25, -0.2) is 0 Å². The molecule has 0 bridgehead atoms. The van der Waals surface area contributed by atoms with Gasteiger partial charge in [-0.15, -0.1) is 0 Å². The molecule has 1 amide bonds. The third-order valence-electron chi connectivity index (χ3n) is 3.03. The lowest BCUT2D eigenvalue weighted by molar-refractivity contribution is -0.117. The van der Waals surface area contributed by atoms with E-state index in [1.807, 2.05) is 29.2 Å². The monoisotopic (exact) mass is 295 g/mol. The van der Waals surface area contributed by atoms with Crippen LogP contribution in [-0.2, 0) is 9.53 Å². The first-order valence-corrected chi connectivity index (χ1v) is 7.05. The van der Waals surface area contributed by atoms with Crippen molar-refractivity contribution in [2.45, 2.75) is 6.42 Å². The highest BCUT2D eigenvalue weighted by atomic mass is 16.5. The average molecular weight is 295 g/mol. The first-order chi connectivity index (χ1) is 10.2. The van der Waals surface area contributed by atoms with Crippen LogP contribution in [0.15, 0.2) is 24.3 Å². The number of methoxy groups -OCH3 is 2. The molecular weight excluding hydrogens is 270 g/mol. The van der Waals surface area contributed by atoms with Crippen molar-refractivity contribution in [3.05, 3.63) is 24.3 Å². The number of ether oxygens (including phenoxy) is 2. The second kappa shape index (κ2) is 10.1. The number of rotatable bonds is 10. The predicted octanol–water partition coefficient (Wildman–Crippen LogP) is 0.931. The Labute approximate surface area is 126 Å². The van der Waals surface area contributed by atoms with Crippen molar-refractivity contribution in [3.63, 3.8) is 0 Å². The molecule has 1 aromatic carbocycles. The van der Waals surface area contributed by atoms with E-state index in [0.717, 1.165) is 24.4 Å². The first-order valence-electron chi connectivity index (χ1n) is 7.05. The maximum Gasteiger partial charge on any atom is 0.238 e. The normalized spacial score (nSPS) is 10.7. The average Bonchev–Trinajstić information content (AvgIpc) is 2.50. The fourth-order valence-corrected chi connectivity index (χ4v) is 1.88. The van der Waals surface area contributed by atoms with Gasteiger partial charge in [0.25, 0.3) is 0 Å². The van der Waals surface area contributed by atoms with E-state index < -0.39 is 0 Å². The van der Waals surface area contributed by atoms with Crippen LogP contribution in [0.3, 0.4) is 0 Å². The Balaban J connectivity index is 2.47. The largest absolute Gasteiger partial charge is 0.497 e. The van der Waals surface area contributed by atoms with Crippen LogP contribution in [0.2, 0.25) is 0 Å². The summed E-state index contributed by atoms with van der Waals surface area (Å²) in [6.45, 7) is 3.04. The Morgan fingerprint density at radius 3 is 2.52 bits per heavy atom. The Bertz CT molecular complexity index is 401. The Morgan fingerprint density at radius 1 is 1.24 bits per heavy atom. The van der Waals surface area contributed by atoms with Gasteiger partial charge in [0.05, 0.1) is 20.3 Å². The van der Waals surface area contributed by atoms with E-state index in [-0.39, 0.29) is 5.91 Å². The SMILES string of the molecule is COCCN(CCCN)CC(=O)Nc1ccc(OC)cc1. The number of hydrogen-bond acceptors (Lipinski definition) is 5. The van der Waals surface area contributed by atoms with Gasteiger partial charge in [-0.2, -0.15) is 0 Å². The highest BCUT2D eigenvalue weighted by Gasteiger charge is 2.10. The molecule has 21 heavy (non-hydrogen) atoms. The molecule has 118 valence electrons. The Morgan fingerprint density at radius 2 is 1.95 bits per heavy atom. The van der Waals surface area contributed by atoms with E-state index in [9.17, 15) is 4.79 Å². The van der Waals surface area contributed by atoms with Gasteiger partial charge in [0.1, 0.15) is 5.75 Å². The molecule has 0 heterocycles. The molecule has 1 aromatic rings. The number of hydrogen-bond donors (Lipinski definition) is 2. The standard InChI is InChI=1S/C15H25N3O3/c1-20-11-10-18(9-3-8-16)12-15(19)17-13-4-6-14(21-2)7-5-13/h4-7H,3,8-12,16H2,1-2H3,(H,17,19). The zero-order chi connectivity index (χ0) is 15.5. The molecule has 1 rings (SSSR count). The summed E-state index contributed by atoms with van der Waals surface area (Å²) >= 11 is 0. The van der Waals surface area contributed by atoms with E-state index in [2.05, 4.69) is 5.32 Å². The second-order valence-corrected chi connectivity index (χ2v) is 4.69. The maximum atomic E-state index is 12.0. The molecule has 0 atom stereocenters. The van der Waals surface area contributed by atoms with Gasteiger partial charge in [0, 0.05) is 19.3 Å². The van der Waals surface area contributed by atoms with Crippen LogP contribution in [0, 0.1) is 0 Å². The highest BCUT2D eigenvalue weighted by Crippen LogP contribution is 2.14. The number of nitrogens with zero attached hydrogens (tertiary/aromatic N) is 1. The maximum absolute atomic E-state index is 12.0. The van der Waals surface area contributed by atoms with Crippen LogP contribution in [0.5, 0.6) is 5.75 Å². The first kappa shape index (κ1) is 17.4. The van der Waals surface area contributed by atoms with E-state index in [4.69, 9.17) is 15.2 Å². The molecule has 0 aromatic heterocycles. The van der Waals surface area contributed by atoms with Gasteiger partial charge in [0.15, 0.2) is 0 Å². The number of anilines is 1. The molecule has 6 heteroatoms. The third-order valence-corrected chi connectivity index (χ3v) is 3.03. The van der Waals surface area contributed by atoms with E-state index >= 15 is 0 Å². The van der Waals surface area contributed by atoms with Gasteiger partial charge >= 0.3 is 0 Å². The van der Waals surface area contributed by atoms with E-state index in [1.165, 1.54) is 0 Å². The van der Waals surface area contributed by atoms with Crippen molar-refractivity contribution >= 4 is 11.6 Å². The van der Waals surface area contributed by atoms with Crippen molar-refractivity contribution in [3.8, 4) is 5.75 Å². The summed E-state index contributed by atoms with van der Waals surface area (Å²) in [6.07, 6.45) is 0.861. The van der Waals surface area contributed by atoms with Gasteiger partial charge in [-0.3, -0.25) is 9.69 Å². The molecular formula is C15H25N3O3. The lowest BCUT2D eigenvalue weighted by Gasteiger charge is -2.21. The smallest absolute Gasteiger partial charge is 0.238 e. The molecule has 0 radical (unpaired) electrons. The summed E-state index contributed by atoms with van der Waals surface area (Å²) in [5.74, 6) is 0.714. The van der Waals surface area contributed by atoms with Crippen molar-refractivity contribution in [2.75, 3.05) is 52.3 Å². The quantitative estimate of drug-likeness (QED) is 0.671. The van der Waals surface area contributed by atoms with Crippen LogP contribution in [-0.4, -0.2) is 57.8 Å². The van der Waals surface area contributed by atoms with Crippen molar-refractivity contribution in [1.29, 1.82) is 0 Å². The molecule has 0 unspecified atom stereocenters. The number of nitrogens with two attached hydrogens (primary N) is 1. The Kier molecular flexibility index (Phi) is 8.42. The summed E-state index contributed by atoms with van der Waals surface area (Å²) in [4.78, 5) is 14.1. The van der Waals surface area contributed by atoms with Crippen molar-refractivity contribution in [1.82, 2.24) is 4.90 Å². The Hall–Kier alpha value is -1.63. The highest BCUT2D eigenvalue weighted by molar-refractivity contribution is 5.92. The summed E-state index contributed by atoms with van der Waals surface area (Å²) < 4.78 is 10.1. The van der Waals surface area contributed by atoms with Crippen LogP contribution in [0.4, 0.5) is 5.69 Å². The molecule has 6 nitrogen and oxygen atoms in total. The molecule has 0 aliphatic carbocycles. The minimum Gasteiger partial charge on any atom is -0.497 e. The fourth-order valence-electron chi connectivity index (χ4n) is 1.88.